The molecule has 0 saturated heterocycles. The third-order valence-corrected chi connectivity index (χ3v) is 3.03. The van der Waals surface area contributed by atoms with Crippen LogP contribution in [0.1, 0.15) is 0 Å². The first-order valence-corrected chi connectivity index (χ1v) is 5.10. The molecule has 0 fully saturated rings. The third-order valence-electron chi connectivity index (χ3n) is 0.566. The maximum absolute atomic E-state index is 2.25. The van der Waals surface area contributed by atoms with Crippen LogP contribution in [-0.4, -0.2) is 8.77 Å². The first-order valence-electron chi connectivity index (χ1n) is 1.85. The average Bonchev–Trinajstić information content (AvgIpc) is 1.72. The Morgan fingerprint density at radius 3 is 2.50 bits per heavy atom. The second kappa shape index (κ2) is 2.22. The average molecular weight is 112 g/mol. The minimum absolute atomic E-state index is 0.610. The van der Waals surface area contributed by atoms with Gasteiger partial charge in [0.05, 0.1) is 8.77 Å². The van der Waals surface area contributed by atoms with Crippen LogP contribution in [-0.2, 0) is 0 Å². The lowest BCUT2D eigenvalue weighted by Crippen LogP contribution is -1.51. The topological polar surface area (TPSA) is 0 Å². The van der Waals surface area contributed by atoms with Crippen molar-refractivity contribution in [2.75, 3.05) is 0 Å². The summed E-state index contributed by atoms with van der Waals surface area (Å²) in [6, 6.07) is 4.21. The largest absolute Gasteiger partial charge is 0.108 e. The number of rotatable bonds is 0. The Hall–Kier alpha value is -0.00312. The lowest BCUT2D eigenvalue weighted by Gasteiger charge is -1.68. The highest BCUT2D eigenvalue weighted by Gasteiger charge is 1.59. The minimum Gasteiger partial charge on any atom is -0.108 e. The molecule has 0 saturated carbocycles. The van der Waals surface area contributed by atoms with Crippen molar-refractivity contribution in [3.8, 4) is 0 Å². The highest BCUT2D eigenvalue weighted by atomic mass is 31.2. The van der Waals surface area contributed by atoms with E-state index in [9.17, 15) is 0 Å². The van der Waals surface area contributed by atoms with E-state index in [1.165, 1.54) is 7.73 Å². The summed E-state index contributed by atoms with van der Waals surface area (Å²) in [5.74, 6) is 2.19. The van der Waals surface area contributed by atoms with Crippen molar-refractivity contribution < 1.29 is 0 Å². The maximum atomic E-state index is 2.25. The summed E-state index contributed by atoms with van der Waals surface area (Å²) >= 11 is 0. The van der Waals surface area contributed by atoms with E-state index in [1.54, 1.807) is 0 Å². The Morgan fingerprint density at radius 2 is 2.33 bits per heavy atom. The molecule has 1 rings (SSSR count). The lowest BCUT2D eigenvalue weighted by molar-refractivity contribution is 1.97. The zero-order valence-corrected chi connectivity index (χ0v) is 5.38. The molecule has 0 unspecified atom stereocenters. The second-order valence-electron chi connectivity index (χ2n) is 1.02. The molecule has 2 heteroatoms. The zero-order valence-electron chi connectivity index (χ0n) is 3.33. The van der Waals surface area contributed by atoms with Crippen LogP contribution in [0, 0.1) is 0 Å². The normalized spacial score (nSPS) is 9.33. The van der Waals surface area contributed by atoms with E-state index >= 15 is 0 Å². The highest BCUT2D eigenvalue weighted by molar-refractivity contribution is 7.51. The van der Waals surface area contributed by atoms with Crippen molar-refractivity contribution in [3.63, 3.8) is 0 Å². The third kappa shape index (κ3) is 0.998. The van der Waals surface area contributed by atoms with E-state index in [2.05, 4.69) is 23.6 Å². The Bertz CT molecular complexity index is 79.5. The maximum Gasteiger partial charge on any atom is 0.0570 e. The van der Waals surface area contributed by atoms with Gasteiger partial charge in [0.1, 0.15) is 0 Å². The number of hydrogen-bond acceptors (Lipinski definition) is 0. The van der Waals surface area contributed by atoms with Gasteiger partial charge in [-0.1, -0.05) is 17.8 Å². The summed E-state index contributed by atoms with van der Waals surface area (Å²) in [7, 11) is 2.12. The van der Waals surface area contributed by atoms with Crippen LogP contribution in [0.3, 0.4) is 0 Å². The SMILES string of the molecule is c1ccp[siH]c1. The van der Waals surface area contributed by atoms with Crippen LogP contribution in [0.4, 0.5) is 0 Å². The molecule has 0 spiro atoms. The molecule has 0 aliphatic carbocycles. The van der Waals surface area contributed by atoms with Crippen molar-refractivity contribution in [1.82, 2.24) is 0 Å². The molecular weight excluding hydrogens is 107 g/mol. The molecule has 0 aromatic carbocycles. The highest BCUT2D eigenvalue weighted by Crippen LogP contribution is 1.90. The predicted molar refractivity (Wildman–Crippen MR) is 31.7 cm³/mol. The monoisotopic (exact) mass is 112 g/mol. The first-order chi connectivity index (χ1) is 3.00. The molecule has 0 aliphatic rings. The molecule has 1 heterocycles. The van der Waals surface area contributed by atoms with Gasteiger partial charge in [-0.2, -0.15) is 0 Å². The van der Waals surface area contributed by atoms with Gasteiger partial charge in [-0.3, -0.25) is 0 Å². The molecular formula is C4H5PSi. The summed E-state index contributed by atoms with van der Waals surface area (Å²) in [6.45, 7) is 0. The van der Waals surface area contributed by atoms with Gasteiger partial charge in [0.25, 0.3) is 0 Å². The van der Waals surface area contributed by atoms with Gasteiger partial charge in [0, 0.05) is 0 Å². The molecule has 6 heavy (non-hydrogen) atoms. The van der Waals surface area contributed by atoms with Crippen LogP contribution in [0.25, 0.3) is 0 Å². The van der Waals surface area contributed by atoms with E-state index in [4.69, 9.17) is 0 Å². The van der Waals surface area contributed by atoms with Gasteiger partial charge in [-0.05, 0) is 5.80 Å². The Balaban J connectivity index is 3.00. The predicted octanol–water partition coefficient (Wildman–Crippen LogP) is 1.34. The molecule has 30 valence electrons. The van der Waals surface area contributed by atoms with Crippen LogP contribution in [0.5, 0.6) is 0 Å². The van der Waals surface area contributed by atoms with Gasteiger partial charge in [0.2, 0.25) is 0 Å². The molecule has 0 radical (unpaired) electrons. The standard InChI is InChI=1S/C4H5PSi/c1-2-4-6-5-3-1/h1-4,6H. The van der Waals surface area contributed by atoms with Crippen LogP contribution in [0.15, 0.2) is 23.6 Å². The van der Waals surface area contributed by atoms with Crippen molar-refractivity contribution in [1.29, 1.82) is 0 Å². The molecule has 0 N–H and O–H groups in total. The Morgan fingerprint density at radius 1 is 1.33 bits per heavy atom. The fourth-order valence-corrected chi connectivity index (χ4v) is 2.13. The Kier molecular flexibility index (Phi) is 1.54. The van der Waals surface area contributed by atoms with Crippen molar-refractivity contribution in [2.24, 2.45) is 0 Å². The zero-order chi connectivity index (χ0) is 4.24. The first kappa shape index (κ1) is 4.16. The van der Waals surface area contributed by atoms with Gasteiger partial charge < -0.3 is 0 Å². The Labute approximate surface area is 40.9 Å². The summed E-state index contributed by atoms with van der Waals surface area (Å²) in [4.78, 5) is 0. The van der Waals surface area contributed by atoms with E-state index in [0.29, 0.717) is 8.77 Å². The van der Waals surface area contributed by atoms with Gasteiger partial charge in [-0.25, -0.2) is 0 Å². The van der Waals surface area contributed by atoms with Gasteiger partial charge in [-0.15, -0.1) is 7.73 Å². The van der Waals surface area contributed by atoms with E-state index < -0.39 is 0 Å². The van der Waals surface area contributed by atoms with Crippen molar-refractivity contribution >= 4 is 16.5 Å². The summed E-state index contributed by atoms with van der Waals surface area (Å²) in [6.07, 6.45) is 0. The van der Waals surface area contributed by atoms with E-state index in [1.807, 2.05) is 0 Å². The molecule has 0 atom stereocenters. The quantitative estimate of drug-likeness (QED) is 0.444. The summed E-state index contributed by atoms with van der Waals surface area (Å²) < 4.78 is 0. The smallest absolute Gasteiger partial charge is 0.0570 e. The van der Waals surface area contributed by atoms with Gasteiger partial charge in [0.15, 0.2) is 0 Å². The second-order valence-corrected chi connectivity index (χ2v) is 4.09. The van der Waals surface area contributed by atoms with E-state index in [-0.39, 0.29) is 0 Å². The molecule has 1 aromatic rings. The fourth-order valence-electron chi connectivity index (χ4n) is 0.313. The van der Waals surface area contributed by atoms with Crippen molar-refractivity contribution in [3.05, 3.63) is 23.6 Å². The van der Waals surface area contributed by atoms with Crippen LogP contribution in [0.2, 0.25) is 0 Å². The molecule has 1 aromatic heterocycles. The lowest BCUT2D eigenvalue weighted by atomic mass is 10.7. The molecule has 0 bridgehead atoms. The molecule has 0 aliphatic heterocycles. The van der Waals surface area contributed by atoms with Gasteiger partial charge >= 0.3 is 0 Å². The molecule has 0 amide bonds. The van der Waals surface area contributed by atoms with Crippen molar-refractivity contribution in [2.45, 2.75) is 0 Å². The van der Waals surface area contributed by atoms with Crippen LogP contribution >= 0.6 is 7.73 Å². The fraction of sp³-hybridized carbons (Fsp3) is 0. The summed E-state index contributed by atoms with van der Waals surface area (Å²) in [5.41, 5.74) is 2.25. The summed E-state index contributed by atoms with van der Waals surface area (Å²) in [5, 5.41) is 0. The van der Waals surface area contributed by atoms with E-state index in [0.717, 1.165) is 0 Å². The van der Waals surface area contributed by atoms with Crippen LogP contribution < -0.4 is 0 Å². The molecule has 0 nitrogen and oxygen atoms in total. The minimum atomic E-state index is 0.610. The number of hydrogen-bond donors (Lipinski definition) is 0.